The van der Waals surface area contributed by atoms with Crippen molar-refractivity contribution in [3.63, 3.8) is 0 Å². The second-order valence-corrected chi connectivity index (χ2v) is 7.37. The number of carbonyl (C=O) groups is 1. The molecule has 4 rings (SSSR count). The van der Waals surface area contributed by atoms with Crippen LogP contribution in [0.15, 0.2) is 47.0 Å². The largest absolute Gasteiger partial charge is 0.490 e. The van der Waals surface area contributed by atoms with E-state index in [9.17, 15) is 4.79 Å². The number of hydrogen-bond donors (Lipinski definition) is 1. The topological polar surface area (TPSA) is 67.6 Å². The summed E-state index contributed by atoms with van der Waals surface area (Å²) in [5.41, 5.74) is 1.31. The number of nitrogens with one attached hydrogen (secondary N) is 1. The molecule has 0 bridgehead atoms. The number of piperidine rings is 1. The number of furan rings is 1. The third-order valence-electron chi connectivity index (χ3n) is 5.29. The SMILES string of the molecule is CCOc1cccc2cc(C(C)NC(=O)c3cccnc3N3CCCCC3)oc12. The van der Waals surface area contributed by atoms with Gasteiger partial charge in [-0.05, 0) is 57.4 Å². The Morgan fingerprint density at radius 3 is 2.86 bits per heavy atom. The molecule has 29 heavy (non-hydrogen) atoms. The number of aromatic nitrogens is 1. The molecular formula is C23H27N3O3. The van der Waals surface area contributed by atoms with Crippen molar-refractivity contribution in [3.05, 3.63) is 53.9 Å². The maximum Gasteiger partial charge on any atom is 0.255 e. The van der Waals surface area contributed by atoms with E-state index in [4.69, 9.17) is 9.15 Å². The molecule has 3 aromatic rings. The molecule has 1 N–H and O–H groups in total. The molecule has 0 aliphatic carbocycles. The van der Waals surface area contributed by atoms with Crippen molar-refractivity contribution in [1.29, 1.82) is 0 Å². The van der Waals surface area contributed by atoms with Gasteiger partial charge in [0.05, 0.1) is 18.2 Å². The number of rotatable bonds is 6. The molecule has 1 saturated heterocycles. The van der Waals surface area contributed by atoms with Gasteiger partial charge in [-0.2, -0.15) is 0 Å². The zero-order valence-corrected chi connectivity index (χ0v) is 17.0. The number of nitrogens with zero attached hydrogens (tertiary/aromatic N) is 2. The van der Waals surface area contributed by atoms with Gasteiger partial charge >= 0.3 is 0 Å². The van der Waals surface area contributed by atoms with E-state index in [1.54, 1.807) is 6.20 Å². The van der Waals surface area contributed by atoms with E-state index in [1.807, 2.05) is 50.2 Å². The van der Waals surface area contributed by atoms with E-state index in [0.717, 1.165) is 42.9 Å². The summed E-state index contributed by atoms with van der Waals surface area (Å²) in [5.74, 6) is 2.04. The minimum atomic E-state index is -0.279. The lowest BCUT2D eigenvalue weighted by Crippen LogP contribution is -2.34. The summed E-state index contributed by atoms with van der Waals surface area (Å²) in [6.45, 7) is 6.32. The van der Waals surface area contributed by atoms with Crippen molar-refractivity contribution in [2.45, 2.75) is 39.2 Å². The first kappa shape index (κ1) is 19.3. The third kappa shape index (κ3) is 4.06. The van der Waals surface area contributed by atoms with Gasteiger partial charge in [0, 0.05) is 24.7 Å². The van der Waals surface area contributed by atoms with Gasteiger partial charge < -0.3 is 19.4 Å². The van der Waals surface area contributed by atoms with Gasteiger partial charge in [-0.1, -0.05) is 12.1 Å². The van der Waals surface area contributed by atoms with E-state index in [-0.39, 0.29) is 11.9 Å². The van der Waals surface area contributed by atoms with Gasteiger partial charge in [0.25, 0.3) is 5.91 Å². The molecule has 1 fully saturated rings. The Labute approximate surface area is 170 Å². The molecule has 1 aliphatic heterocycles. The zero-order valence-electron chi connectivity index (χ0n) is 17.0. The van der Waals surface area contributed by atoms with E-state index in [1.165, 1.54) is 6.42 Å². The highest BCUT2D eigenvalue weighted by molar-refractivity contribution is 5.99. The quantitative estimate of drug-likeness (QED) is 0.657. The summed E-state index contributed by atoms with van der Waals surface area (Å²) in [4.78, 5) is 19.7. The molecule has 0 radical (unpaired) electrons. The predicted molar refractivity (Wildman–Crippen MR) is 114 cm³/mol. The van der Waals surface area contributed by atoms with Gasteiger partial charge in [-0.25, -0.2) is 4.98 Å². The summed E-state index contributed by atoms with van der Waals surface area (Å²) in [5, 5.41) is 4.02. The van der Waals surface area contributed by atoms with E-state index in [0.29, 0.717) is 23.5 Å². The van der Waals surface area contributed by atoms with Crippen molar-refractivity contribution in [2.75, 3.05) is 24.6 Å². The van der Waals surface area contributed by atoms with E-state index < -0.39 is 0 Å². The summed E-state index contributed by atoms with van der Waals surface area (Å²) >= 11 is 0. The average molecular weight is 393 g/mol. The third-order valence-corrected chi connectivity index (χ3v) is 5.29. The lowest BCUT2D eigenvalue weighted by molar-refractivity contribution is 0.0936. The van der Waals surface area contributed by atoms with Crippen LogP contribution in [0.4, 0.5) is 5.82 Å². The molecule has 1 aromatic carbocycles. The minimum absolute atomic E-state index is 0.142. The van der Waals surface area contributed by atoms with Gasteiger partial charge in [-0.3, -0.25) is 4.79 Å². The Kier molecular flexibility index (Phi) is 5.69. The monoisotopic (exact) mass is 393 g/mol. The highest BCUT2D eigenvalue weighted by Crippen LogP contribution is 2.31. The van der Waals surface area contributed by atoms with Gasteiger partial charge in [0.15, 0.2) is 11.3 Å². The normalized spacial score (nSPS) is 15.3. The fourth-order valence-electron chi connectivity index (χ4n) is 3.82. The van der Waals surface area contributed by atoms with Crippen LogP contribution in [0, 0.1) is 0 Å². The van der Waals surface area contributed by atoms with Crippen molar-refractivity contribution in [2.24, 2.45) is 0 Å². The second-order valence-electron chi connectivity index (χ2n) is 7.37. The zero-order chi connectivity index (χ0) is 20.2. The van der Waals surface area contributed by atoms with Crippen LogP contribution in [-0.2, 0) is 0 Å². The maximum atomic E-state index is 13.0. The molecule has 1 unspecified atom stereocenters. The van der Waals surface area contributed by atoms with Crippen molar-refractivity contribution in [3.8, 4) is 5.75 Å². The number of hydrogen-bond acceptors (Lipinski definition) is 5. The van der Waals surface area contributed by atoms with Crippen LogP contribution in [0.2, 0.25) is 0 Å². The van der Waals surface area contributed by atoms with Crippen LogP contribution in [0.5, 0.6) is 5.75 Å². The molecule has 1 amide bonds. The molecule has 1 atom stereocenters. The van der Waals surface area contributed by atoms with Crippen molar-refractivity contribution < 1.29 is 13.9 Å². The highest BCUT2D eigenvalue weighted by Gasteiger charge is 2.22. The molecule has 0 spiro atoms. The summed E-state index contributed by atoms with van der Waals surface area (Å²) in [6.07, 6.45) is 5.25. The lowest BCUT2D eigenvalue weighted by atomic mass is 10.1. The van der Waals surface area contributed by atoms with Crippen molar-refractivity contribution >= 4 is 22.7 Å². The first-order valence-corrected chi connectivity index (χ1v) is 10.3. The molecular weight excluding hydrogens is 366 g/mol. The number of anilines is 1. The summed E-state index contributed by atoms with van der Waals surface area (Å²) < 4.78 is 11.7. The second kappa shape index (κ2) is 8.55. The standard InChI is InChI=1S/C23H27N3O3/c1-3-28-19-11-7-9-17-15-20(29-21(17)19)16(2)25-23(27)18-10-8-12-24-22(18)26-13-5-4-6-14-26/h7-12,15-16H,3-6,13-14H2,1-2H3,(H,25,27). The average Bonchev–Trinajstić information content (AvgIpc) is 3.20. The fourth-order valence-corrected chi connectivity index (χ4v) is 3.82. The van der Waals surface area contributed by atoms with Crippen LogP contribution in [0.3, 0.4) is 0 Å². The van der Waals surface area contributed by atoms with Crippen LogP contribution in [0.25, 0.3) is 11.0 Å². The Morgan fingerprint density at radius 1 is 1.24 bits per heavy atom. The highest BCUT2D eigenvalue weighted by atomic mass is 16.5. The molecule has 1 aliphatic rings. The molecule has 152 valence electrons. The number of benzene rings is 1. The molecule has 0 saturated carbocycles. The number of fused-ring (bicyclic) bond motifs is 1. The van der Waals surface area contributed by atoms with Crippen LogP contribution in [0.1, 0.15) is 55.3 Å². The first-order valence-electron chi connectivity index (χ1n) is 10.3. The maximum absolute atomic E-state index is 13.0. The number of ether oxygens (including phenoxy) is 1. The first-order chi connectivity index (χ1) is 14.2. The predicted octanol–water partition coefficient (Wildman–Crippen LogP) is 4.71. The van der Waals surface area contributed by atoms with Gasteiger partial charge in [0.2, 0.25) is 0 Å². The van der Waals surface area contributed by atoms with Crippen molar-refractivity contribution in [1.82, 2.24) is 10.3 Å². The summed E-state index contributed by atoms with van der Waals surface area (Å²) in [7, 11) is 0. The molecule has 2 aromatic heterocycles. The summed E-state index contributed by atoms with van der Waals surface area (Å²) in [6, 6.07) is 11.1. The van der Waals surface area contributed by atoms with E-state index in [2.05, 4.69) is 15.2 Å². The number of carbonyl (C=O) groups excluding carboxylic acids is 1. The van der Waals surface area contributed by atoms with Crippen LogP contribution >= 0.6 is 0 Å². The minimum Gasteiger partial charge on any atom is -0.490 e. The molecule has 6 nitrogen and oxygen atoms in total. The molecule has 6 heteroatoms. The Hall–Kier alpha value is -3.02. The smallest absolute Gasteiger partial charge is 0.255 e. The lowest BCUT2D eigenvalue weighted by Gasteiger charge is -2.29. The molecule has 3 heterocycles. The van der Waals surface area contributed by atoms with Gasteiger partial charge in [-0.15, -0.1) is 0 Å². The number of amides is 1. The Balaban J connectivity index is 1.55. The Bertz CT molecular complexity index is 992. The van der Waals surface area contributed by atoms with Crippen LogP contribution in [-0.4, -0.2) is 30.6 Å². The van der Waals surface area contributed by atoms with Crippen LogP contribution < -0.4 is 15.0 Å². The number of pyridine rings is 1. The number of para-hydroxylation sites is 1. The van der Waals surface area contributed by atoms with E-state index >= 15 is 0 Å². The van der Waals surface area contributed by atoms with Gasteiger partial charge in [0.1, 0.15) is 11.6 Å². The Morgan fingerprint density at radius 2 is 2.07 bits per heavy atom. The fraction of sp³-hybridized carbons (Fsp3) is 0.391.